The average molecular weight is 382 g/mol. The van der Waals surface area contributed by atoms with Crippen molar-refractivity contribution < 1.29 is 18.4 Å². The number of aryl methyl sites for hydroxylation is 2. The van der Waals surface area contributed by atoms with Crippen molar-refractivity contribution in [2.75, 3.05) is 14.2 Å². The van der Waals surface area contributed by atoms with E-state index in [2.05, 4.69) is 12.1 Å². The number of hydrogen-bond donors (Lipinski definition) is 0. The second-order valence-electron chi connectivity index (χ2n) is 7.45. The number of benzene rings is 2. The number of rotatable bonds is 7. The minimum atomic E-state index is -2.63. The van der Waals surface area contributed by atoms with Crippen LogP contribution in [0.25, 0.3) is 0 Å². The molecule has 0 bridgehead atoms. The third-order valence-corrected chi connectivity index (χ3v) is 5.57. The fraction of sp³-hybridized carbons (Fsp3) is 0.400. The van der Waals surface area contributed by atoms with Crippen LogP contribution in [0.3, 0.4) is 0 Å². The summed E-state index contributed by atoms with van der Waals surface area (Å²) in [5.74, 6) is -0.467. The number of allylic oxidation sites excluding steroid dienone is 2. The van der Waals surface area contributed by atoms with Crippen LogP contribution in [0.2, 0.25) is 0 Å². The van der Waals surface area contributed by atoms with E-state index in [1.165, 1.54) is 5.56 Å². The van der Waals surface area contributed by atoms with Gasteiger partial charge in [-0.3, -0.25) is 4.79 Å². The summed E-state index contributed by atoms with van der Waals surface area (Å²) < 4.78 is 34.4. The van der Waals surface area contributed by atoms with E-state index in [9.17, 15) is 4.79 Å². The van der Waals surface area contributed by atoms with E-state index in [-0.39, 0.29) is 0 Å². The highest BCUT2D eigenvalue weighted by atomic mass is 16.5. The van der Waals surface area contributed by atoms with Gasteiger partial charge in [0, 0.05) is 21.5 Å². The molecular weight excluding hydrogens is 348 g/mol. The molecule has 2 aromatic rings. The quantitative estimate of drug-likeness (QED) is 0.593. The Morgan fingerprint density at radius 3 is 2.32 bits per heavy atom. The molecule has 0 spiro atoms. The zero-order valence-corrected chi connectivity index (χ0v) is 16.8. The molecule has 0 unspecified atom stereocenters. The molecule has 3 heteroatoms. The molecule has 28 heavy (non-hydrogen) atoms. The topological polar surface area (TPSA) is 35.5 Å². The highest BCUT2D eigenvalue weighted by molar-refractivity contribution is 5.80. The van der Waals surface area contributed by atoms with Gasteiger partial charge in [-0.15, -0.1) is 0 Å². The first-order chi connectivity index (χ1) is 14.7. The van der Waals surface area contributed by atoms with Crippen LogP contribution in [0.1, 0.15) is 53.3 Å². The van der Waals surface area contributed by atoms with E-state index in [1.54, 1.807) is 14.2 Å². The Balaban J connectivity index is 2.00. The van der Waals surface area contributed by atoms with Crippen LogP contribution in [0.4, 0.5) is 0 Å². The number of Topliss-reactive ketones (excluding diaryl/α,β-unsaturated/α-hetero) is 1. The number of ketones is 1. The molecule has 0 radical (unpaired) electrons. The number of methoxy groups -OCH3 is 2. The summed E-state index contributed by atoms with van der Waals surface area (Å²) in [6, 6.07) is 14.2. The average Bonchev–Trinajstić information content (AvgIpc) is 2.76. The summed E-state index contributed by atoms with van der Waals surface area (Å²) in [6.07, 6.45) is 4.92. The van der Waals surface area contributed by atoms with Crippen LogP contribution in [-0.2, 0) is 17.6 Å². The Hall–Kier alpha value is -2.55. The lowest BCUT2D eigenvalue weighted by molar-refractivity contribution is -0.121. The van der Waals surface area contributed by atoms with Gasteiger partial charge in [0.2, 0.25) is 0 Å². The standard InChI is InChI=1S/C25H30O3/c1-17-10-13-21(18(2)26)22(14-17)25-23(27-3)15-20(16-24(25)28-4)12-11-19-8-6-5-7-9-19/h5-9,14-16,21-22H,10-13H2,1-4H3/t21-,22+/m0/s1/i2D3. The molecule has 0 saturated heterocycles. The molecule has 0 fully saturated rings. The number of hydrogen-bond acceptors (Lipinski definition) is 3. The third kappa shape index (κ3) is 4.46. The van der Waals surface area contributed by atoms with E-state index in [0.717, 1.165) is 29.5 Å². The van der Waals surface area contributed by atoms with Crippen molar-refractivity contribution >= 4 is 5.78 Å². The van der Waals surface area contributed by atoms with E-state index >= 15 is 0 Å². The van der Waals surface area contributed by atoms with Gasteiger partial charge in [-0.1, -0.05) is 42.0 Å². The maximum absolute atomic E-state index is 12.8. The maximum Gasteiger partial charge on any atom is 0.133 e. The Morgan fingerprint density at radius 2 is 1.71 bits per heavy atom. The van der Waals surface area contributed by atoms with Crippen molar-refractivity contribution in [2.24, 2.45) is 5.92 Å². The molecule has 0 amide bonds. The van der Waals surface area contributed by atoms with Crippen LogP contribution in [-0.4, -0.2) is 20.0 Å². The molecule has 1 aliphatic carbocycles. The molecule has 0 aliphatic heterocycles. The van der Waals surface area contributed by atoms with Gasteiger partial charge >= 0.3 is 0 Å². The molecular formula is C25H30O3. The van der Waals surface area contributed by atoms with Crippen molar-refractivity contribution in [3.8, 4) is 11.5 Å². The summed E-state index contributed by atoms with van der Waals surface area (Å²) in [5, 5.41) is 0. The molecule has 3 rings (SSSR count). The summed E-state index contributed by atoms with van der Waals surface area (Å²) in [5.41, 5.74) is 4.20. The second kappa shape index (κ2) is 9.09. The summed E-state index contributed by atoms with van der Waals surface area (Å²) in [6.45, 7) is -0.617. The minimum absolute atomic E-state index is 0.394. The molecule has 3 nitrogen and oxygen atoms in total. The van der Waals surface area contributed by atoms with Crippen LogP contribution in [0, 0.1) is 5.92 Å². The summed E-state index contributed by atoms with van der Waals surface area (Å²) >= 11 is 0. The van der Waals surface area contributed by atoms with E-state index in [0.29, 0.717) is 24.3 Å². The predicted molar refractivity (Wildman–Crippen MR) is 113 cm³/mol. The molecule has 0 N–H and O–H groups in total. The lowest BCUT2D eigenvalue weighted by Crippen LogP contribution is -2.23. The van der Waals surface area contributed by atoms with E-state index < -0.39 is 24.5 Å². The smallest absolute Gasteiger partial charge is 0.133 e. The highest BCUT2D eigenvalue weighted by Gasteiger charge is 2.33. The van der Waals surface area contributed by atoms with E-state index in [4.69, 9.17) is 13.6 Å². The maximum atomic E-state index is 12.8. The zero-order chi connectivity index (χ0) is 22.6. The third-order valence-electron chi connectivity index (χ3n) is 5.57. The highest BCUT2D eigenvalue weighted by Crippen LogP contribution is 2.45. The molecule has 2 atom stereocenters. The Morgan fingerprint density at radius 1 is 1.07 bits per heavy atom. The largest absolute Gasteiger partial charge is 0.496 e. The number of ether oxygens (including phenoxy) is 2. The summed E-state index contributed by atoms with van der Waals surface area (Å²) in [7, 11) is 3.19. The van der Waals surface area contributed by atoms with Crippen LogP contribution < -0.4 is 9.47 Å². The van der Waals surface area contributed by atoms with Gasteiger partial charge in [-0.05, 0) is 62.7 Å². The van der Waals surface area contributed by atoms with Gasteiger partial charge in [0.25, 0.3) is 0 Å². The van der Waals surface area contributed by atoms with Crippen LogP contribution >= 0.6 is 0 Å². The minimum Gasteiger partial charge on any atom is -0.496 e. The van der Waals surface area contributed by atoms with Gasteiger partial charge in [-0.25, -0.2) is 0 Å². The Bertz CT molecular complexity index is 923. The first-order valence-corrected chi connectivity index (χ1v) is 9.75. The van der Waals surface area contributed by atoms with Crippen molar-refractivity contribution in [2.45, 2.75) is 45.4 Å². The van der Waals surface area contributed by atoms with Gasteiger partial charge in [0.1, 0.15) is 17.3 Å². The lowest BCUT2D eigenvalue weighted by Gasteiger charge is -2.30. The molecule has 0 heterocycles. The Labute approximate surface area is 172 Å². The molecule has 2 aromatic carbocycles. The normalized spacial score (nSPS) is 21.1. The van der Waals surface area contributed by atoms with Crippen molar-refractivity contribution in [1.82, 2.24) is 0 Å². The van der Waals surface area contributed by atoms with Crippen molar-refractivity contribution in [3.05, 3.63) is 70.8 Å². The van der Waals surface area contributed by atoms with Crippen molar-refractivity contribution in [3.63, 3.8) is 0 Å². The second-order valence-corrected chi connectivity index (χ2v) is 7.45. The zero-order valence-electron chi connectivity index (χ0n) is 19.8. The Kier molecular flexibility index (Phi) is 5.33. The van der Waals surface area contributed by atoms with E-state index in [1.807, 2.05) is 43.3 Å². The molecule has 0 saturated carbocycles. The molecule has 0 aromatic heterocycles. The summed E-state index contributed by atoms with van der Waals surface area (Å²) in [4.78, 5) is 12.8. The fourth-order valence-corrected chi connectivity index (χ4v) is 4.05. The van der Waals surface area contributed by atoms with Gasteiger partial charge < -0.3 is 9.47 Å². The lowest BCUT2D eigenvalue weighted by atomic mass is 9.74. The molecule has 148 valence electrons. The first kappa shape index (κ1) is 16.4. The van der Waals surface area contributed by atoms with Gasteiger partial charge in [0.15, 0.2) is 0 Å². The SMILES string of the molecule is [2H]C([2H])([2H])C(=O)[C@@H]1CCC(C)=C[C@H]1c1c(OC)cc(CCc2ccccc2)cc1OC. The predicted octanol–water partition coefficient (Wildman–Crippen LogP) is 5.52. The number of carbonyl (C=O) groups is 1. The first-order valence-electron chi connectivity index (χ1n) is 11.2. The van der Waals surface area contributed by atoms with Crippen molar-refractivity contribution in [1.29, 1.82) is 0 Å². The van der Waals surface area contributed by atoms with Crippen LogP contribution in [0.5, 0.6) is 11.5 Å². The monoisotopic (exact) mass is 381 g/mol. The fourth-order valence-electron chi connectivity index (χ4n) is 4.05. The molecule has 1 aliphatic rings. The van der Waals surface area contributed by atoms with Gasteiger partial charge in [-0.2, -0.15) is 0 Å². The number of carbonyl (C=O) groups excluding carboxylic acids is 1. The van der Waals surface area contributed by atoms with Gasteiger partial charge in [0.05, 0.1) is 14.2 Å². The van der Waals surface area contributed by atoms with Crippen LogP contribution in [0.15, 0.2) is 54.1 Å².